The van der Waals surface area contributed by atoms with E-state index in [2.05, 4.69) is 10.5 Å². The quantitative estimate of drug-likeness (QED) is 0.498. The summed E-state index contributed by atoms with van der Waals surface area (Å²) in [4.78, 5) is 11.8. The average molecular weight is 305 g/mol. The fourth-order valence-electron chi connectivity index (χ4n) is 1.27. The number of alkyl halides is 2. The largest absolute Gasteiger partial charge is 0.493 e. The van der Waals surface area contributed by atoms with Crippen LogP contribution < -0.4 is 14.9 Å². The zero-order valence-corrected chi connectivity index (χ0v) is 12.1. The Morgan fingerprint density at radius 1 is 1.21 bits per heavy atom. The van der Waals surface area contributed by atoms with E-state index in [0.717, 1.165) is 0 Å². The Balaban J connectivity index is 2.86. The highest BCUT2D eigenvalue weighted by Gasteiger charge is 2.10. The number of amides is 1. The van der Waals surface area contributed by atoms with E-state index in [1.165, 1.54) is 14.2 Å². The Morgan fingerprint density at radius 2 is 1.84 bits per heavy atom. The molecule has 0 aromatic heterocycles. The molecular weight excluding hydrogens is 291 g/mol. The van der Waals surface area contributed by atoms with Crippen LogP contribution in [-0.4, -0.2) is 37.6 Å². The highest BCUT2D eigenvalue weighted by atomic mass is 35.5. The first-order valence-corrected chi connectivity index (χ1v) is 6.42. The van der Waals surface area contributed by atoms with Gasteiger partial charge >= 0.3 is 0 Å². The van der Waals surface area contributed by atoms with Crippen molar-refractivity contribution in [3.05, 3.63) is 23.8 Å². The van der Waals surface area contributed by atoms with E-state index in [4.69, 9.17) is 32.7 Å². The minimum absolute atomic E-state index is 0.162. The van der Waals surface area contributed by atoms with Crippen molar-refractivity contribution in [1.82, 2.24) is 5.43 Å². The van der Waals surface area contributed by atoms with Gasteiger partial charge in [0, 0.05) is 5.56 Å². The molecule has 0 aliphatic rings. The number of hydrogen-bond donors (Lipinski definition) is 1. The first-order chi connectivity index (χ1) is 9.15. The summed E-state index contributed by atoms with van der Waals surface area (Å²) in [5, 5.41) is 3.82. The predicted octanol–water partition coefficient (Wildman–Crippen LogP) is 2.27. The molecule has 0 saturated heterocycles. The Kier molecular flexibility index (Phi) is 6.45. The van der Waals surface area contributed by atoms with Crippen molar-refractivity contribution < 1.29 is 14.3 Å². The van der Waals surface area contributed by atoms with Crippen LogP contribution in [0, 0.1) is 0 Å². The van der Waals surface area contributed by atoms with Gasteiger partial charge < -0.3 is 9.47 Å². The van der Waals surface area contributed by atoms with E-state index in [-0.39, 0.29) is 17.7 Å². The number of carbonyl (C=O) groups is 1. The summed E-state index contributed by atoms with van der Waals surface area (Å²) in [5.74, 6) is 0.957. The fraction of sp³-hybridized carbons (Fsp3) is 0.333. The molecule has 1 amide bonds. The van der Waals surface area contributed by atoms with Crippen LogP contribution in [0.15, 0.2) is 23.3 Å². The molecule has 7 heteroatoms. The van der Waals surface area contributed by atoms with Gasteiger partial charge in [0.05, 0.1) is 31.7 Å². The van der Waals surface area contributed by atoms with Gasteiger partial charge in [0.1, 0.15) is 0 Å². The summed E-state index contributed by atoms with van der Waals surface area (Å²) in [6.45, 7) is 0. The summed E-state index contributed by atoms with van der Waals surface area (Å²) in [7, 11) is 3.02. The van der Waals surface area contributed by atoms with Crippen LogP contribution >= 0.6 is 23.2 Å². The molecule has 5 nitrogen and oxygen atoms in total. The number of nitrogens with zero attached hydrogens (tertiary/aromatic N) is 1. The van der Waals surface area contributed by atoms with Crippen LogP contribution in [0.25, 0.3) is 0 Å². The van der Waals surface area contributed by atoms with E-state index in [1.54, 1.807) is 18.2 Å². The molecule has 19 heavy (non-hydrogen) atoms. The van der Waals surface area contributed by atoms with Crippen LogP contribution in [0.5, 0.6) is 11.5 Å². The first-order valence-electron chi connectivity index (χ1n) is 5.36. The molecule has 0 aliphatic heterocycles. The van der Waals surface area contributed by atoms with Gasteiger partial charge in [-0.1, -0.05) is 0 Å². The van der Waals surface area contributed by atoms with Crippen molar-refractivity contribution in [3.8, 4) is 11.5 Å². The Hall–Kier alpha value is -1.46. The third-order valence-corrected chi connectivity index (χ3v) is 2.89. The zero-order valence-electron chi connectivity index (χ0n) is 10.6. The number of ether oxygens (including phenoxy) is 2. The van der Waals surface area contributed by atoms with Gasteiger partial charge in [-0.25, -0.2) is 5.43 Å². The van der Waals surface area contributed by atoms with E-state index < -0.39 is 0 Å². The monoisotopic (exact) mass is 304 g/mol. The van der Waals surface area contributed by atoms with Crippen molar-refractivity contribution in [2.24, 2.45) is 5.10 Å². The molecule has 1 rings (SSSR count). The standard InChI is InChI=1S/C12H14Cl2N2O3/c1-18-10-4-3-8(5-11(10)19-2)12(17)16-15-9(6-13)7-14/h3-5H,6-7H2,1-2H3,(H,16,17). The van der Waals surface area contributed by atoms with Crippen LogP contribution in [0.3, 0.4) is 0 Å². The number of methoxy groups -OCH3 is 2. The predicted molar refractivity (Wildman–Crippen MR) is 75.9 cm³/mol. The fourth-order valence-corrected chi connectivity index (χ4v) is 1.67. The zero-order chi connectivity index (χ0) is 14.3. The lowest BCUT2D eigenvalue weighted by molar-refractivity contribution is 0.0954. The third kappa shape index (κ3) is 4.29. The van der Waals surface area contributed by atoms with Gasteiger partial charge in [0.15, 0.2) is 11.5 Å². The lowest BCUT2D eigenvalue weighted by atomic mass is 10.2. The Morgan fingerprint density at radius 3 is 2.37 bits per heavy atom. The maximum absolute atomic E-state index is 11.8. The second-order valence-electron chi connectivity index (χ2n) is 3.46. The van der Waals surface area contributed by atoms with Crippen LogP contribution in [0.4, 0.5) is 0 Å². The number of halogens is 2. The second-order valence-corrected chi connectivity index (χ2v) is 3.99. The molecule has 0 aliphatic carbocycles. The molecule has 0 bridgehead atoms. The Labute approximate surface area is 121 Å². The number of nitrogens with one attached hydrogen (secondary N) is 1. The van der Waals surface area contributed by atoms with Crippen molar-refractivity contribution >= 4 is 34.8 Å². The van der Waals surface area contributed by atoms with Crippen molar-refractivity contribution in [1.29, 1.82) is 0 Å². The maximum atomic E-state index is 11.8. The number of rotatable bonds is 6. The molecule has 0 radical (unpaired) electrons. The van der Waals surface area contributed by atoms with Crippen molar-refractivity contribution in [2.45, 2.75) is 0 Å². The molecule has 0 spiro atoms. The molecule has 1 aromatic carbocycles. The van der Waals surface area contributed by atoms with Gasteiger partial charge in [-0.3, -0.25) is 4.79 Å². The molecule has 0 fully saturated rings. The smallest absolute Gasteiger partial charge is 0.271 e. The summed E-state index contributed by atoms with van der Waals surface area (Å²) >= 11 is 11.2. The summed E-state index contributed by atoms with van der Waals surface area (Å²) in [6.07, 6.45) is 0. The molecule has 0 atom stereocenters. The van der Waals surface area contributed by atoms with Gasteiger partial charge in [-0.05, 0) is 18.2 Å². The van der Waals surface area contributed by atoms with Gasteiger partial charge in [0.2, 0.25) is 0 Å². The van der Waals surface area contributed by atoms with Crippen molar-refractivity contribution in [3.63, 3.8) is 0 Å². The second kappa shape index (κ2) is 7.86. The highest BCUT2D eigenvalue weighted by molar-refractivity contribution is 6.37. The molecule has 0 unspecified atom stereocenters. The lowest BCUT2D eigenvalue weighted by Crippen LogP contribution is -2.20. The summed E-state index contributed by atoms with van der Waals surface area (Å²) < 4.78 is 10.2. The van der Waals surface area contributed by atoms with E-state index in [9.17, 15) is 4.79 Å². The summed E-state index contributed by atoms with van der Waals surface area (Å²) in [5.41, 5.74) is 3.25. The number of hydrogen-bond acceptors (Lipinski definition) is 4. The molecule has 0 saturated carbocycles. The number of benzene rings is 1. The van der Waals surface area contributed by atoms with Crippen molar-refractivity contribution in [2.75, 3.05) is 26.0 Å². The number of carbonyl (C=O) groups excluding carboxylic acids is 1. The maximum Gasteiger partial charge on any atom is 0.271 e. The van der Waals surface area contributed by atoms with E-state index in [1.807, 2.05) is 0 Å². The molecular formula is C12H14Cl2N2O3. The first kappa shape index (κ1) is 15.6. The minimum Gasteiger partial charge on any atom is -0.493 e. The van der Waals surface area contributed by atoms with Crippen LogP contribution in [-0.2, 0) is 0 Å². The van der Waals surface area contributed by atoms with E-state index in [0.29, 0.717) is 22.8 Å². The topological polar surface area (TPSA) is 59.9 Å². The Bertz CT molecular complexity index is 472. The van der Waals surface area contributed by atoms with Gasteiger partial charge in [0.25, 0.3) is 5.91 Å². The van der Waals surface area contributed by atoms with Crippen LogP contribution in [0.2, 0.25) is 0 Å². The van der Waals surface area contributed by atoms with Gasteiger partial charge in [-0.15, -0.1) is 23.2 Å². The number of hydrazone groups is 1. The third-order valence-electron chi connectivity index (χ3n) is 2.27. The SMILES string of the molecule is COc1ccc(C(=O)NN=C(CCl)CCl)cc1OC. The normalized spacial score (nSPS) is 9.68. The molecule has 0 heterocycles. The van der Waals surface area contributed by atoms with Gasteiger partial charge in [-0.2, -0.15) is 5.10 Å². The molecule has 104 valence electrons. The lowest BCUT2D eigenvalue weighted by Gasteiger charge is -2.08. The highest BCUT2D eigenvalue weighted by Crippen LogP contribution is 2.27. The summed E-state index contributed by atoms with van der Waals surface area (Å²) in [6, 6.07) is 4.81. The average Bonchev–Trinajstić information content (AvgIpc) is 2.47. The van der Waals surface area contributed by atoms with E-state index >= 15 is 0 Å². The minimum atomic E-state index is -0.381. The molecule has 1 N–H and O–H groups in total. The van der Waals surface area contributed by atoms with Crippen LogP contribution in [0.1, 0.15) is 10.4 Å². The molecule has 1 aromatic rings.